The Morgan fingerprint density at radius 2 is 1.71 bits per heavy atom. The van der Waals surface area contributed by atoms with Crippen molar-refractivity contribution in [2.75, 3.05) is 0 Å². The molecule has 3 N–H and O–H groups in total. The van der Waals surface area contributed by atoms with Crippen LogP contribution in [0.4, 0.5) is 0 Å². The number of hydrogen-bond donors (Lipinski definition) is 3. The standard InChI is InChI=1S/C8H17.K.H3O4P/c1-4-6-7-8(3)5-2;;1-5(2,3)4/h8H,3-7H2,1-2H3;;(H3,1,2,3,4). The van der Waals surface area contributed by atoms with Gasteiger partial charge in [0.15, 0.2) is 0 Å². The van der Waals surface area contributed by atoms with Gasteiger partial charge in [0.25, 0.3) is 0 Å². The molecule has 0 spiro atoms. The SMILES string of the molecule is CCCCC(CC)[CH2][K].O=P(O)(O)O. The fourth-order valence-electron chi connectivity index (χ4n) is 1.19. The summed E-state index contributed by atoms with van der Waals surface area (Å²) in [5, 5.41) is 0. The van der Waals surface area contributed by atoms with E-state index in [9.17, 15) is 0 Å². The fraction of sp³-hybridized carbons (Fsp3) is 1.00. The number of phosphoric acid groups is 1. The third-order valence-corrected chi connectivity index (χ3v) is 3.92. The first-order valence-corrected chi connectivity index (χ1v) is 8.90. The summed E-state index contributed by atoms with van der Waals surface area (Å²) in [5.41, 5.74) is 0. The van der Waals surface area contributed by atoms with E-state index in [-0.39, 0.29) is 0 Å². The van der Waals surface area contributed by atoms with Crippen molar-refractivity contribution >= 4 is 56.8 Å². The summed E-state index contributed by atoms with van der Waals surface area (Å²) < 4.78 is 10.4. The second-order valence-electron chi connectivity index (χ2n) is 3.34. The maximum Gasteiger partial charge on any atom is 0.466 e. The quantitative estimate of drug-likeness (QED) is 0.514. The van der Waals surface area contributed by atoms with Crippen LogP contribution in [0.2, 0.25) is 0.515 Å². The third-order valence-electron chi connectivity index (χ3n) is 2.12. The molecule has 0 saturated heterocycles. The molecule has 82 valence electrons. The van der Waals surface area contributed by atoms with Crippen LogP contribution in [0.25, 0.3) is 0 Å². The van der Waals surface area contributed by atoms with E-state index in [1.165, 1.54) is 25.7 Å². The smallest absolute Gasteiger partial charge is 0.303 e. The Morgan fingerprint density at radius 1 is 1.29 bits per heavy atom. The molecule has 0 aliphatic carbocycles. The van der Waals surface area contributed by atoms with E-state index < -0.39 is 7.82 Å². The van der Waals surface area contributed by atoms with Crippen LogP contribution in [0.15, 0.2) is 0 Å². The van der Waals surface area contributed by atoms with Crippen LogP contribution in [-0.2, 0) is 4.57 Å². The first-order chi connectivity index (χ1) is 6.35. The summed E-state index contributed by atoms with van der Waals surface area (Å²) in [7, 11) is -4.64. The van der Waals surface area contributed by atoms with Gasteiger partial charge in [-0.25, -0.2) is 4.57 Å². The molecule has 0 aromatic rings. The van der Waals surface area contributed by atoms with Crippen LogP contribution in [0, 0.1) is 5.92 Å². The van der Waals surface area contributed by atoms with Crippen LogP contribution < -0.4 is 0 Å². The zero-order valence-corrected chi connectivity index (χ0v) is 13.3. The minimum atomic E-state index is -4.64. The Kier molecular flexibility index (Phi) is 14.5. The Hall–Kier alpha value is 1.75. The molecule has 0 fully saturated rings. The summed E-state index contributed by atoms with van der Waals surface area (Å²) in [6, 6.07) is 0. The maximum atomic E-state index is 8.88. The number of hydrogen-bond acceptors (Lipinski definition) is 1. The molecule has 6 heteroatoms. The molecule has 0 rings (SSSR count). The molecule has 0 heterocycles. The van der Waals surface area contributed by atoms with Crippen molar-refractivity contribution in [3.8, 4) is 0 Å². The van der Waals surface area contributed by atoms with Gasteiger partial charge in [-0.15, -0.1) is 0 Å². The molecule has 14 heavy (non-hydrogen) atoms. The molecular weight excluding hydrogens is 230 g/mol. The van der Waals surface area contributed by atoms with Crippen LogP contribution in [0.3, 0.4) is 0 Å². The molecule has 0 bridgehead atoms. The second kappa shape index (κ2) is 11.2. The Balaban J connectivity index is 0. The average molecular weight is 250 g/mol. The summed E-state index contributed by atoms with van der Waals surface area (Å²) in [6.07, 6.45) is 5.74. The van der Waals surface area contributed by atoms with Gasteiger partial charge in [0.2, 0.25) is 0 Å². The van der Waals surface area contributed by atoms with Gasteiger partial charge in [-0.3, -0.25) is 0 Å². The number of rotatable bonds is 5. The zero-order valence-electron chi connectivity index (χ0n) is 9.31. The Morgan fingerprint density at radius 3 is 1.93 bits per heavy atom. The molecule has 1 atom stereocenters. The van der Waals surface area contributed by atoms with E-state index in [2.05, 4.69) is 13.8 Å². The van der Waals surface area contributed by atoms with Gasteiger partial charge in [0.05, 0.1) is 0 Å². The summed E-state index contributed by atoms with van der Waals surface area (Å²) >= 11 is 1.08. The minimum absolute atomic E-state index is 1.08. The molecule has 0 saturated carbocycles. The van der Waals surface area contributed by atoms with Crippen molar-refractivity contribution in [1.82, 2.24) is 0 Å². The Bertz CT molecular complexity index is 147. The van der Waals surface area contributed by atoms with Gasteiger partial charge in [-0.2, -0.15) is 0 Å². The van der Waals surface area contributed by atoms with Crippen LogP contribution in [0.1, 0.15) is 39.5 Å². The maximum absolute atomic E-state index is 8.88. The average Bonchev–Trinajstić information content (AvgIpc) is 2.04. The van der Waals surface area contributed by atoms with E-state index in [4.69, 9.17) is 19.2 Å². The van der Waals surface area contributed by atoms with Gasteiger partial charge >= 0.3 is 103 Å². The predicted octanol–water partition coefficient (Wildman–Crippen LogP) is 1.86. The minimum Gasteiger partial charge on any atom is -0.303 e. The molecular formula is C8H20KO4P. The van der Waals surface area contributed by atoms with E-state index in [1.807, 2.05) is 0 Å². The van der Waals surface area contributed by atoms with E-state index in [0.717, 1.165) is 54.9 Å². The van der Waals surface area contributed by atoms with Crippen LogP contribution in [0.5, 0.6) is 0 Å². The largest absolute Gasteiger partial charge is 0.466 e. The van der Waals surface area contributed by atoms with Crippen molar-refractivity contribution in [3.63, 3.8) is 0 Å². The third kappa shape index (κ3) is 23.5. The number of unbranched alkanes of at least 4 members (excludes halogenated alkanes) is 1. The van der Waals surface area contributed by atoms with Gasteiger partial charge < -0.3 is 14.7 Å². The predicted molar refractivity (Wildman–Crippen MR) is 58.1 cm³/mol. The molecule has 4 nitrogen and oxygen atoms in total. The van der Waals surface area contributed by atoms with Crippen molar-refractivity contribution in [2.45, 2.75) is 40.0 Å². The van der Waals surface area contributed by atoms with Crippen LogP contribution in [-0.4, -0.2) is 63.6 Å². The van der Waals surface area contributed by atoms with Crippen molar-refractivity contribution < 1.29 is 19.2 Å². The summed E-state index contributed by atoms with van der Waals surface area (Å²) in [4.78, 5) is 21.6. The summed E-state index contributed by atoms with van der Waals surface area (Å²) in [5.74, 6) is 1.09. The molecule has 0 aromatic heterocycles. The molecule has 0 aliphatic rings. The monoisotopic (exact) mass is 250 g/mol. The van der Waals surface area contributed by atoms with Gasteiger partial charge in [0, 0.05) is 0 Å². The second-order valence-corrected chi connectivity index (χ2v) is 5.64. The summed E-state index contributed by atoms with van der Waals surface area (Å²) in [6.45, 7) is 4.61. The van der Waals surface area contributed by atoms with E-state index in [1.54, 1.807) is 0.515 Å². The zero-order chi connectivity index (χ0) is 11.6. The van der Waals surface area contributed by atoms with Gasteiger partial charge in [-0.05, 0) is 0 Å². The first-order valence-electron chi connectivity index (χ1n) is 5.13. The van der Waals surface area contributed by atoms with Crippen LogP contribution >= 0.6 is 7.82 Å². The topological polar surface area (TPSA) is 77.8 Å². The van der Waals surface area contributed by atoms with E-state index in [0.29, 0.717) is 0 Å². The Labute approximate surface area is 120 Å². The van der Waals surface area contributed by atoms with Crippen molar-refractivity contribution in [2.24, 2.45) is 5.92 Å². The van der Waals surface area contributed by atoms with Gasteiger partial charge in [-0.1, -0.05) is 0 Å². The first kappa shape index (κ1) is 18.1. The molecule has 0 aromatic carbocycles. The molecule has 1 unspecified atom stereocenters. The normalized spacial score (nSPS) is 13.1. The van der Waals surface area contributed by atoms with Gasteiger partial charge in [0.1, 0.15) is 0 Å². The fourth-order valence-corrected chi connectivity index (χ4v) is 2.73. The molecule has 0 aliphatic heterocycles. The van der Waals surface area contributed by atoms with Crippen molar-refractivity contribution in [3.05, 3.63) is 0 Å². The van der Waals surface area contributed by atoms with E-state index >= 15 is 0 Å². The molecule has 0 radical (unpaired) electrons. The van der Waals surface area contributed by atoms with Crippen molar-refractivity contribution in [1.29, 1.82) is 0 Å². The molecule has 0 amide bonds.